The summed E-state index contributed by atoms with van der Waals surface area (Å²) in [5.41, 5.74) is 6.76. The van der Waals surface area contributed by atoms with Crippen LogP contribution in [0.15, 0.2) is 20.9 Å². The average Bonchev–Trinajstić information content (AvgIpc) is 2.95. The summed E-state index contributed by atoms with van der Waals surface area (Å²) >= 11 is 4.96. The van der Waals surface area contributed by atoms with Crippen LogP contribution in [0.1, 0.15) is 16.1 Å². The maximum atomic E-state index is 12.2. The van der Waals surface area contributed by atoms with E-state index < -0.39 is 10.0 Å². The van der Waals surface area contributed by atoms with Gasteiger partial charge < -0.3 is 5.73 Å². The quantitative estimate of drug-likeness (QED) is 0.708. The van der Waals surface area contributed by atoms with E-state index in [1.807, 2.05) is 12.1 Å². The number of hydrogen-bond donors (Lipinski definition) is 3. The first kappa shape index (κ1) is 15.6. The number of rotatable bonds is 6. The minimum atomic E-state index is -3.62. The number of halogens is 1. The van der Waals surface area contributed by atoms with E-state index >= 15 is 0 Å². The molecule has 0 spiro atoms. The maximum absolute atomic E-state index is 12.2. The first-order valence-electron chi connectivity index (χ1n) is 5.92. The van der Waals surface area contributed by atoms with Crippen LogP contribution in [-0.4, -0.2) is 25.2 Å². The zero-order chi connectivity index (χ0) is 14.8. The summed E-state index contributed by atoms with van der Waals surface area (Å²) in [5, 5.41) is 6.47. The molecule has 0 saturated heterocycles. The summed E-state index contributed by atoms with van der Waals surface area (Å²) in [6.07, 6.45) is 0.636. The molecule has 0 bridgehead atoms. The van der Waals surface area contributed by atoms with Gasteiger partial charge in [0.25, 0.3) is 10.0 Å². The molecule has 110 valence electrons. The summed E-state index contributed by atoms with van der Waals surface area (Å²) in [7, 11) is -3.62. The SMILES string of the molecule is Cc1[nH]nc(S(=O)(=O)NCCc2ccc(Br)s2)c1CN. The van der Waals surface area contributed by atoms with Crippen molar-refractivity contribution in [1.82, 2.24) is 14.9 Å². The molecule has 4 N–H and O–H groups in total. The second kappa shape index (κ2) is 6.35. The second-order valence-corrected chi connectivity index (χ2v) is 8.42. The van der Waals surface area contributed by atoms with Gasteiger partial charge in [-0.25, -0.2) is 13.1 Å². The van der Waals surface area contributed by atoms with E-state index in [0.29, 0.717) is 24.2 Å². The molecular weight excluding hydrogens is 364 g/mol. The zero-order valence-electron chi connectivity index (χ0n) is 10.8. The number of aryl methyl sites for hydroxylation is 1. The van der Waals surface area contributed by atoms with E-state index in [9.17, 15) is 8.42 Å². The fourth-order valence-electron chi connectivity index (χ4n) is 1.76. The normalized spacial score (nSPS) is 11.9. The Morgan fingerprint density at radius 3 is 2.85 bits per heavy atom. The van der Waals surface area contributed by atoms with E-state index in [-0.39, 0.29) is 11.6 Å². The van der Waals surface area contributed by atoms with Crippen LogP contribution < -0.4 is 10.5 Å². The summed E-state index contributed by atoms with van der Waals surface area (Å²) in [6.45, 7) is 2.21. The van der Waals surface area contributed by atoms with Crippen molar-refractivity contribution in [2.75, 3.05) is 6.54 Å². The molecule has 20 heavy (non-hydrogen) atoms. The van der Waals surface area contributed by atoms with E-state index in [2.05, 4.69) is 30.8 Å². The summed E-state index contributed by atoms with van der Waals surface area (Å²) in [5.74, 6) is 0. The monoisotopic (exact) mass is 378 g/mol. The summed E-state index contributed by atoms with van der Waals surface area (Å²) in [6, 6.07) is 3.91. The van der Waals surface area contributed by atoms with Gasteiger partial charge >= 0.3 is 0 Å². The number of hydrogen-bond acceptors (Lipinski definition) is 5. The highest BCUT2D eigenvalue weighted by molar-refractivity contribution is 9.11. The smallest absolute Gasteiger partial charge is 0.260 e. The van der Waals surface area contributed by atoms with Crippen molar-refractivity contribution in [2.45, 2.75) is 24.9 Å². The highest BCUT2D eigenvalue weighted by Gasteiger charge is 2.22. The van der Waals surface area contributed by atoms with Crippen LogP contribution in [0.4, 0.5) is 0 Å². The molecule has 0 aliphatic carbocycles. The Morgan fingerprint density at radius 1 is 1.50 bits per heavy atom. The van der Waals surface area contributed by atoms with Crippen LogP contribution >= 0.6 is 27.3 Å². The molecule has 0 radical (unpaired) electrons. The fourth-order valence-corrected chi connectivity index (χ4v) is 4.47. The molecule has 2 aromatic heterocycles. The summed E-state index contributed by atoms with van der Waals surface area (Å²) < 4.78 is 27.9. The van der Waals surface area contributed by atoms with E-state index in [0.717, 1.165) is 8.66 Å². The van der Waals surface area contributed by atoms with Gasteiger partial charge in [0, 0.05) is 29.2 Å². The molecule has 0 fully saturated rings. The molecular formula is C11H15BrN4O2S2. The predicted molar refractivity (Wildman–Crippen MR) is 82.1 cm³/mol. The molecule has 2 heterocycles. The molecule has 2 rings (SSSR count). The highest BCUT2D eigenvalue weighted by atomic mass is 79.9. The van der Waals surface area contributed by atoms with Gasteiger partial charge in [0.05, 0.1) is 3.79 Å². The highest BCUT2D eigenvalue weighted by Crippen LogP contribution is 2.22. The predicted octanol–water partition coefficient (Wildman–Crippen LogP) is 1.52. The van der Waals surface area contributed by atoms with Gasteiger partial charge in [0.15, 0.2) is 5.03 Å². The molecule has 0 amide bonds. The van der Waals surface area contributed by atoms with Gasteiger partial charge in [-0.05, 0) is 41.4 Å². The van der Waals surface area contributed by atoms with Crippen molar-refractivity contribution in [2.24, 2.45) is 5.73 Å². The maximum Gasteiger partial charge on any atom is 0.260 e. The zero-order valence-corrected chi connectivity index (χ0v) is 14.0. The number of nitrogens with zero attached hydrogens (tertiary/aromatic N) is 1. The number of nitrogens with one attached hydrogen (secondary N) is 2. The number of aromatic nitrogens is 2. The van der Waals surface area contributed by atoms with Crippen LogP contribution in [0, 0.1) is 6.92 Å². The Hall–Kier alpha value is -0.740. The lowest BCUT2D eigenvalue weighted by molar-refractivity contribution is 0.576. The van der Waals surface area contributed by atoms with Crippen molar-refractivity contribution < 1.29 is 8.42 Å². The first-order chi connectivity index (χ1) is 9.44. The fraction of sp³-hybridized carbons (Fsp3) is 0.364. The van der Waals surface area contributed by atoms with Gasteiger partial charge in [-0.1, -0.05) is 0 Å². The molecule has 0 unspecified atom stereocenters. The van der Waals surface area contributed by atoms with Crippen LogP contribution in [0.2, 0.25) is 0 Å². The van der Waals surface area contributed by atoms with Gasteiger partial charge in [-0.3, -0.25) is 5.10 Å². The third kappa shape index (κ3) is 3.47. The van der Waals surface area contributed by atoms with E-state index in [1.165, 1.54) is 0 Å². The largest absolute Gasteiger partial charge is 0.326 e. The standard InChI is InChI=1S/C11H15BrN4O2S2/c1-7-9(6-13)11(16-15-7)20(17,18)14-5-4-8-2-3-10(12)19-8/h2-3,14H,4-6,13H2,1H3,(H,15,16). The molecule has 0 atom stereocenters. The number of H-pyrrole nitrogens is 1. The van der Waals surface area contributed by atoms with Crippen LogP contribution in [-0.2, 0) is 23.0 Å². The van der Waals surface area contributed by atoms with Gasteiger partial charge in [0.1, 0.15) is 0 Å². The molecule has 6 nitrogen and oxygen atoms in total. The Bertz CT molecular complexity index is 693. The Labute approximate surface area is 130 Å². The Kier molecular flexibility index (Phi) is 4.97. The first-order valence-corrected chi connectivity index (χ1v) is 9.01. The Balaban J connectivity index is 2.04. The van der Waals surface area contributed by atoms with Crippen molar-refractivity contribution >= 4 is 37.3 Å². The van der Waals surface area contributed by atoms with Gasteiger partial charge in [-0.2, -0.15) is 5.10 Å². The van der Waals surface area contributed by atoms with Crippen molar-refractivity contribution in [1.29, 1.82) is 0 Å². The second-order valence-electron chi connectivity index (χ2n) is 4.19. The van der Waals surface area contributed by atoms with Crippen molar-refractivity contribution in [3.8, 4) is 0 Å². The van der Waals surface area contributed by atoms with Crippen LogP contribution in [0.25, 0.3) is 0 Å². The third-order valence-corrected chi connectivity index (χ3v) is 5.90. The molecule has 0 saturated carbocycles. The van der Waals surface area contributed by atoms with Crippen molar-refractivity contribution in [3.05, 3.63) is 32.1 Å². The number of aromatic amines is 1. The molecule has 0 aliphatic rings. The molecule has 0 aliphatic heterocycles. The Morgan fingerprint density at radius 2 is 2.25 bits per heavy atom. The van der Waals surface area contributed by atoms with E-state index in [1.54, 1.807) is 18.3 Å². The number of nitrogens with two attached hydrogens (primary N) is 1. The number of thiophene rings is 1. The minimum absolute atomic E-state index is 0.00939. The average molecular weight is 379 g/mol. The minimum Gasteiger partial charge on any atom is -0.326 e. The van der Waals surface area contributed by atoms with Gasteiger partial charge in [-0.15, -0.1) is 11.3 Å². The van der Waals surface area contributed by atoms with Crippen LogP contribution in [0.5, 0.6) is 0 Å². The molecule has 9 heteroatoms. The molecule has 0 aromatic carbocycles. The number of sulfonamides is 1. The topological polar surface area (TPSA) is 101 Å². The molecule has 2 aromatic rings. The van der Waals surface area contributed by atoms with Gasteiger partial charge in [0.2, 0.25) is 0 Å². The lowest BCUT2D eigenvalue weighted by atomic mass is 10.3. The van der Waals surface area contributed by atoms with Crippen LogP contribution in [0.3, 0.4) is 0 Å². The lowest BCUT2D eigenvalue weighted by Gasteiger charge is -2.05. The van der Waals surface area contributed by atoms with E-state index in [4.69, 9.17) is 5.73 Å². The third-order valence-electron chi connectivity index (χ3n) is 2.79. The van der Waals surface area contributed by atoms with Crippen molar-refractivity contribution in [3.63, 3.8) is 0 Å². The summed E-state index contributed by atoms with van der Waals surface area (Å²) in [4.78, 5) is 1.11. The lowest BCUT2D eigenvalue weighted by Crippen LogP contribution is -2.27.